The maximum atomic E-state index is 12.0. The van der Waals surface area contributed by atoms with Gasteiger partial charge in [0.25, 0.3) is 0 Å². The van der Waals surface area contributed by atoms with Crippen LogP contribution >= 0.6 is 15.9 Å². The van der Waals surface area contributed by atoms with Crippen molar-refractivity contribution in [3.63, 3.8) is 0 Å². The summed E-state index contributed by atoms with van der Waals surface area (Å²) < 4.78 is 38.7. The Morgan fingerprint density at radius 1 is 1.42 bits per heavy atom. The summed E-state index contributed by atoms with van der Waals surface area (Å²) in [4.78, 5) is 15.0. The van der Waals surface area contributed by atoms with E-state index < -0.39 is 12.1 Å². The van der Waals surface area contributed by atoms with Crippen LogP contribution in [0.1, 0.15) is 18.9 Å². The first-order valence-electron chi connectivity index (χ1n) is 5.61. The Labute approximate surface area is 115 Å². The van der Waals surface area contributed by atoms with Crippen molar-refractivity contribution in [3.05, 3.63) is 16.9 Å². The van der Waals surface area contributed by atoms with Gasteiger partial charge in [-0.1, -0.05) is 0 Å². The summed E-state index contributed by atoms with van der Waals surface area (Å²) in [5.41, 5.74) is 0. The van der Waals surface area contributed by atoms with E-state index in [9.17, 15) is 18.0 Å². The molecule has 0 radical (unpaired) electrons. The van der Waals surface area contributed by atoms with Crippen LogP contribution < -0.4 is 0 Å². The molecule has 0 aromatic carbocycles. The zero-order valence-electron chi connectivity index (χ0n) is 9.73. The second-order valence-electron chi connectivity index (χ2n) is 4.14. The lowest BCUT2D eigenvalue weighted by Gasteiger charge is -2.30. The van der Waals surface area contributed by atoms with Gasteiger partial charge in [0.1, 0.15) is 4.60 Å². The summed E-state index contributed by atoms with van der Waals surface area (Å²) in [5, 5.41) is 5.17. The van der Waals surface area contributed by atoms with Crippen molar-refractivity contribution >= 4 is 21.9 Å². The maximum Gasteiger partial charge on any atom is 0.492 e. The van der Waals surface area contributed by atoms with Gasteiger partial charge in [-0.2, -0.15) is 18.3 Å². The Hall–Kier alpha value is -1.09. The lowest BCUT2D eigenvalue weighted by Crippen LogP contribution is -2.40. The predicted octanol–water partition coefficient (Wildman–Crippen LogP) is 2.30. The number of hydrogen-bond acceptors (Lipinski definition) is 4. The van der Waals surface area contributed by atoms with Crippen LogP contribution in [0, 0.1) is 0 Å². The second-order valence-corrected chi connectivity index (χ2v) is 4.95. The number of nitrogens with zero attached hydrogens (tertiary/aromatic N) is 3. The smallest absolute Gasteiger partial charge is 0.361 e. The lowest BCUT2D eigenvalue weighted by molar-refractivity contribution is -0.242. The molecule has 2 rings (SSSR count). The largest absolute Gasteiger partial charge is 0.492 e. The van der Waals surface area contributed by atoms with Gasteiger partial charge in [0, 0.05) is 13.1 Å². The molecule has 106 valence electrons. The van der Waals surface area contributed by atoms with E-state index in [-0.39, 0.29) is 19.1 Å². The van der Waals surface area contributed by atoms with Gasteiger partial charge in [0.15, 0.2) is 0 Å². The van der Waals surface area contributed by atoms with E-state index >= 15 is 0 Å². The Morgan fingerprint density at radius 2 is 2.05 bits per heavy atom. The van der Waals surface area contributed by atoms with Crippen molar-refractivity contribution in [2.75, 3.05) is 13.1 Å². The Bertz CT molecular complexity index is 455. The van der Waals surface area contributed by atoms with Crippen molar-refractivity contribution in [1.82, 2.24) is 14.8 Å². The minimum atomic E-state index is -4.96. The monoisotopic (exact) mass is 341 g/mol. The number of rotatable bonds is 2. The summed E-state index contributed by atoms with van der Waals surface area (Å²) >= 11 is 3.34. The summed E-state index contributed by atoms with van der Waals surface area (Å²) in [7, 11) is 0. The minimum absolute atomic E-state index is 0.0882. The average Bonchev–Trinajstić information content (AvgIpc) is 2.75. The molecule has 9 heteroatoms. The molecule has 19 heavy (non-hydrogen) atoms. The van der Waals surface area contributed by atoms with Gasteiger partial charge in [-0.25, -0.2) is 4.79 Å². The lowest BCUT2D eigenvalue weighted by atomic mass is 10.1. The molecule has 0 unspecified atom stereocenters. The van der Waals surface area contributed by atoms with Gasteiger partial charge in [0.2, 0.25) is 0 Å². The van der Waals surface area contributed by atoms with Crippen molar-refractivity contribution in [3.8, 4) is 0 Å². The standard InChI is InChI=1S/C10H11BrF3N3O2/c11-8-1-4-15-17(8)7-2-5-16(6-3-7)19-9(18)10(12,13)14/h1,4,7H,2-3,5-6H2. The number of halogens is 4. The van der Waals surface area contributed by atoms with Crippen LogP contribution in [-0.4, -0.2) is 40.1 Å². The molecule has 5 nitrogen and oxygen atoms in total. The number of hydroxylamine groups is 2. The summed E-state index contributed by atoms with van der Waals surface area (Å²) in [5.74, 6) is -2.17. The van der Waals surface area contributed by atoms with E-state index in [4.69, 9.17) is 0 Å². The van der Waals surface area contributed by atoms with Gasteiger partial charge in [0.05, 0.1) is 12.2 Å². The predicted molar refractivity (Wildman–Crippen MR) is 61.9 cm³/mol. The molecule has 0 bridgehead atoms. The summed E-state index contributed by atoms with van der Waals surface area (Å²) in [6.07, 6.45) is -2.20. The Balaban J connectivity index is 1.86. The topological polar surface area (TPSA) is 47.4 Å². The zero-order chi connectivity index (χ0) is 14.0. The number of carbonyl (C=O) groups excluding carboxylic acids is 1. The molecule has 1 aromatic heterocycles. The average molecular weight is 342 g/mol. The van der Waals surface area contributed by atoms with Gasteiger partial charge in [-0.3, -0.25) is 4.68 Å². The van der Waals surface area contributed by atoms with Gasteiger partial charge < -0.3 is 4.84 Å². The first-order valence-corrected chi connectivity index (χ1v) is 6.40. The first kappa shape index (κ1) is 14.3. The number of alkyl halides is 3. The fourth-order valence-corrected chi connectivity index (χ4v) is 2.41. The first-order chi connectivity index (χ1) is 8.88. The van der Waals surface area contributed by atoms with Crippen molar-refractivity contribution in [2.45, 2.75) is 25.1 Å². The maximum absolute atomic E-state index is 12.0. The number of hydrogen-bond donors (Lipinski definition) is 0. The van der Waals surface area contributed by atoms with Crippen LogP contribution in [0.4, 0.5) is 13.2 Å². The highest BCUT2D eigenvalue weighted by Crippen LogP contribution is 2.26. The third-order valence-electron chi connectivity index (χ3n) is 2.83. The SMILES string of the molecule is O=C(ON1CCC(n2nccc2Br)CC1)C(F)(F)F. The number of aromatic nitrogens is 2. The molecule has 1 saturated heterocycles. The van der Waals surface area contributed by atoms with Crippen LogP contribution in [0.5, 0.6) is 0 Å². The molecular formula is C10H11BrF3N3O2. The molecule has 0 saturated carbocycles. The van der Waals surface area contributed by atoms with Crippen molar-refractivity contribution < 1.29 is 22.8 Å². The van der Waals surface area contributed by atoms with E-state index in [0.29, 0.717) is 12.8 Å². The normalized spacial score (nSPS) is 18.5. The molecule has 0 amide bonds. The molecule has 0 aliphatic carbocycles. The third-order valence-corrected chi connectivity index (χ3v) is 3.46. The number of piperidine rings is 1. The molecule has 2 heterocycles. The Morgan fingerprint density at radius 3 is 2.53 bits per heavy atom. The van der Waals surface area contributed by atoms with Gasteiger partial charge in [-0.15, -0.1) is 5.06 Å². The highest BCUT2D eigenvalue weighted by atomic mass is 79.9. The quantitative estimate of drug-likeness (QED) is 0.828. The molecule has 1 aliphatic rings. The summed E-state index contributed by atoms with van der Waals surface area (Å²) in [6.45, 7) is 0.498. The van der Waals surface area contributed by atoms with Gasteiger partial charge in [-0.05, 0) is 34.8 Å². The molecule has 1 aromatic rings. The summed E-state index contributed by atoms with van der Waals surface area (Å²) in [6, 6.07) is 1.88. The molecule has 1 aliphatic heterocycles. The van der Waals surface area contributed by atoms with Crippen LogP contribution in [0.3, 0.4) is 0 Å². The highest BCUT2D eigenvalue weighted by Gasteiger charge is 2.43. The molecular weight excluding hydrogens is 331 g/mol. The van der Waals surface area contributed by atoms with E-state index in [1.165, 1.54) is 0 Å². The Kier molecular flexibility index (Phi) is 4.14. The molecule has 0 N–H and O–H groups in total. The van der Waals surface area contributed by atoms with E-state index in [0.717, 1.165) is 9.67 Å². The third kappa shape index (κ3) is 3.47. The van der Waals surface area contributed by atoms with Crippen LogP contribution in [0.2, 0.25) is 0 Å². The van der Waals surface area contributed by atoms with Crippen LogP contribution in [-0.2, 0) is 9.63 Å². The number of carbonyl (C=O) groups is 1. The van der Waals surface area contributed by atoms with E-state index in [1.54, 1.807) is 16.9 Å². The fraction of sp³-hybridized carbons (Fsp3) is 0.600. The fourth-order valence-electron chi connectivity index (χ4n) is 1.91. The van der Waals surface area contributed by atoms with Crippen molar-refractivity contribution in [2.24, 2.45) is 0 Å². The zero-order valence-corrected chi connectivity index (χ0v) is 11.3. The van der Waals surface area contributed by atoms with Crippen LogP contribution in [0.25, 0.3) is 0 Å². The molecule has 0 atom stereocenters. The molecule has 0 spiro atoms. The minimum Gasteiger partial charge on any atom is -0.361 e. The van der Waals surface area contributed by atoms with E-state index in [2.05, 4.69) is 25.9 Å². The highest BCUT2D eigenvalue weighted by molar-refractivity contribution is 9.10. The van der Waals surface area contributed by atoms with Gasteiger partial charge >= 0.3 is 12.1 Å². The van der Waals surface area contributed by atoms with Crippen LogP contribution in [0.15, 0.2) is 16.9 Å². The van der Waals surface area contributed by atoms with E-state index in [1.807, 2.05) is 0 Å². The second kappa shape index (κ2) is 5.49. The van der Waals surface area contributed by atoms with Crippen molar-refractivity contribution in [1.29, 1.82) is 0 Å². The molecule has 1 fully saturated rings.